The molecule has 3 N–H and O–H groups in total. The van der Waals surface area contributed by atoms with E-state index in [-0.39, 0.29) is 12.3 Å². The highest BCUT2D eigenvalue weighted by molar-refractivity contribution is 7.92. The zero-order chi connectivity index (χ0) is 19.2. The van der Waals surface area contributed by atoms with Crippen LogP contribution in [0.3, 0.4) is 0 Å². The van der Waals surface area contributed by atoms with Crippen LogP contribution in [0.1, 0.15) is 5.56 Å². The van der Waals surface area contributed by atoms with Crippen LogP contribution in [0.4, 0.5) is 11.5 Å². The van der Waals surface area contributed by atoms with Crippen LogP contribution in [0.15, 0.2) is 36.5 Å². The van der Waals surface area contributed by atoms with E-state index in [0.717, 1.165) is 6.26 Å². The van der Waals surface area contributed by atoms with Crippen LogP contribution >= 0.6 is 23.2 Å². The Balaban J connectivity index is 1.84. The first-order valence-electron chi connectivity index (χ1n) is 7.62. The molecule has 1 aromatic carbocycles. The molecule has 0 atom stereocenters. The Morgan fingerprint density at radius 3 is 2.62 bits per heavy atom. The SMILES string of the molecule is CS(=O)(=O)Nc1ccccc1CC(=O)NCCNc1ncc(Cl)cc1Cl. The standard InChI is InChI=1S/C16H18Cl2N4O3S/c1-26(24,25)22-14-5-3-2-4-11(14)8-15(23)19-6-7-20-16-13(18)9-12(17)10-21-16/h2-5,9-10,22H,6-8H2,1H3,(H,19,23)(H,20,21). The van der Waals surface area contributed by atoms with Crippen molar-refractivity contribution in [1.29, 1.82) is 0 Å². The van der Waals surface area contributed by atoms with Gasteiger partial charge in [-0.25, -0.2) is 13.4 Å². The number of sulfonamides is 1. The van der Waals surface area contributed by atoms with Gasteiger partial charge in [-0.1, -0.05) is 41.4 Å². The first-order chi connectivity index (χ1) is 12.2. The number of rotatable bonds is 8. The number of benzene rings is 1. The van der Waals surface area contributed by atoms with Crippen LogP contribution in [0.5, 0.6) is 0 Å². The fourth-order valence-corrected chi connectivity index (χ4v) is 3.18. The van der Waals surface area contributed by atoms with Crippen LogP contribution in [0.2, 0.25) is 10.0 Å². The zero-order valence-corrected chi connectivity index (χ0v) is 16.2. The molecule has 1 aromatic heterocycles. The number of pyridine rings is 1. The first-order valence-corrected chi connectivity index (χ1v) is 10.3. The van der Waals surface area contributed by atoms with E-state index >= 15 is 0 Å². The normalized spacial score (nSPS) is 11.0. The lowest BCUT2D eigenvalue weighted by Crippen LogP contribution is -2.30. The van der Waals surface area contributed by atoms with E-state index in [4.69, 9.17) is 23.2 Å². The molecule has 0 bridgehead atoms. The third-order valence-electron chi connectivity index (χ3n) is 3.21. The van der Waals surface area contributed by atoms with E-state index in [1.54, 1.807) is 30.3 Å². The molecule has 26 heavy (non-hydrogen) atoms. The molecule has 0 radical (unpaired) electrons. The highest BCUT2D eigenvalue weighted by atomic mass is 35.5. The van der Waals surface area contributed by atoms with Gasteiger partial charge in [0, 0.05) is 19.3 Å². The average Bonchev–Trinajstić information content (AvgIpc) is 2.54. The van der Waals surface area contributed by atoms with E-state index in [2.05, 4.69) is 20.3 Å². The fraction of sp³-hybridized carbons (Fsp3) is 0.250. The van der Waals surface area contributed by atoms with Crippen LogP contribution < -0.4 is 15.4 Å². The molecule has 0 aliphatic rings. The summed E-state index contributed by atoms with van der Waals surface area (Å²) in [5.74, 6) is 0.248. The number of carbonyl (C=O) groups excluding carboxylic acids is 1. The Morgan fingerprint density at radius 2 is 1.92 bits per heavy atom. The lowest BCUT2D eigenvalue weighted by Gasteiger charge is -2.11. The van der Waals surface area contributed by atoms with Crippen molar-refractivity contribution in [3.8, 4) is 0 Å². The molecule has 0 saturated carbocycles. The number of hydrogen-bond donors (Lipinski definition) is 3. The van der Waals surface area contributed by atoms with E-state index < -0.39 is 10.0 Å². The Morgan fingerprint density at radius 1 is 1.19 bits per heavy atom. The summed E-state index contributed by atoms with van der Waals surface area (Å²) in [6, 6.07) is 8.32. The Labute approximate surface area is 162 Å². The third kappa shape index (κ3) is 6.70. The molecule has 0 saturated heterocycles. The molecule has 0 aliphatic carbocycles. The molecular weight excluding hydrogens is 399 g/mol. The Bertz CT molecular complexity index is 891. The van der Waals surface area contributed by atoms with Gasteiger partial charge in [-0.3, -0.25) is 9.52 Å². The van der Waals surface area contributed by atoms with Gasteiger partial charge >= 0.3 is 0 Å². The van der Waals surface area contributed by atoms with E-state index in [9.17, 15) is 13.2 Å². The monoisotopic (exact) mass is 416 g/mol. The molecule has 1 amide bonds. The maximum atomic E-state index is 12.1. The molecule has 0 unspecified atom stereocenters. The van der Waals surface area contributed by atoms with Crippen molar-refractivity contribution in [2.24, 2.45) is 0 Å². The van der Waals surface area contributed by atoms with Gasteiger partial charge in [-0.15, -0.1) is 0 Å². The van der Waals surface area contributed by atoms with Gasteiger partial charge in [0.2, 0.25) is 15.9 Å². The molecular formula is C16H18Cl2N4O3S. The summed E-state index contributed by atoms with van der Waals surface area (Å²) in [6.07, 6.45) is 2.59. The topological polar surface area (TPSA) is 100 Å². The number of anilines is 2. The molecule has 0 spiro atoms. The van der Waals surface area contributed by atoms with Crippen molar-refractivity contribution in [2.45, 2.75) is 6.42 Å². The summed E-state index contributed by atoms with van der Waals surface area (Å²) >= 11 is 11.8. The largest absolute Gasteiger partial charge is 0.367 e. The average molecular weight is 417 g/mol. The fourth-order valence-electron chi connectivity index (χ4n) is 2.14. The lowest BCUT2D eigenvalue weighted by atomic mass is 10.1. The minimum atomic E-state index is -3.41. The maximum absolute atomic E-state index is 12.1. The van der Waals surface area contributed by atoms with Crippen molar-refractivity contribution in [3.05, 3.63) is 52.1 Å². The molecule has 10 heteroatoms. The van der Waals surface area contributed by atoms with Gasteiger partial charge in [-0.2, -0.15) is 0 Å². The first kappa shape index (κ1) is 20.3. The summed E-state index contributed by atoms with van der Waals surface area (Å²) in [5.41, 5.74) is 0.978. The van der Waals surface area contributed by atoms with Crippen molar-refractivity contribution in [3.63, 3.8) is 0 Å². The van der Waals surface area contributed by atoms with Crippen molar-refractivity contribution in [1.82, 2.24) is 10.3 Å². The molecule has 2 aromatic rings. The lowest BCUT2D eigenvalue weighted by molar-refractivity contribution is -0.120. The van der Waals surface area contributed by atoms with Gasteiger partial charge in [-0.05, 0) is 17.7 Å². The number of nitrogens with one attached hydrogen (secondary N) is 3. The minimum absolute atomic E-state index is 0.0542. The van der Waals surface area contributed by atoms with E-state index in [1.165, 1.54) is 6.20 Å². The summed E-state index contributed by atoms with van der Waals surface area (Å²) in [4.78, 5) is 16.1. The van der Waals surface area contributed by atoms with Gasteiger partial charge in [0.25, 0.3) is 0 Å². The maximum Gasteiger partial charge on any atom is 0.229 e. The zero-order valence-electron chi connectivity index (χ0n) is 13.9. The molecule has 1 heterocycles. The predicted octanol–water partition coefficient (Wildman–Crippen LogP) is 2.53. The second-order valence-corrected chi connectivity index (χ2v) is 8.06. The highest BCUT2D eigenvalue weighted by Gasteiger charge is 2.10. The molecule has 0 fully saturated rings. The second-order valence-electron chi connectivity index (χ2n) is 5.47. The number of halogens is 2. The van der Waals surface area contributed by atoms with E-state index in [1.807, 2.05) is 0 Å². The summed E-state index contributed by atoms with van der Waals surface area (Å²) in [5, 5.41) is 6.57. The third-order valence-corrected chi connectivity index (χ3v) is 4.30. The number of aromatic nitrogens is 1. The predicted molar refractivity (Wildman–Crippen MR) is 104 cm³/mol. The van der Waals surface area contributed by atoms with E-state index in [0.29, 0.717) is 40.2 Å². The van der Waals surface area contributed by atoms with Crippen LogP contribution in [0, 0.1) is 0 Å². The van der Waals surface area contributed by atoms with Crippen LogP contribution in [-0.2, 0) is 21.2 Å². The number of carbonyl (C=O) groups is 1. The Kier molecular flexibility index (Phi) is 7.07. The summed E-state index contributed by atoms with van der Waals surface area (Å²) in [6.45, 7) is 0.768. The minimum Gasteiger partial charge on any atom is -0.367 e. The van der Waals surface area contributed by atoms with Crippen LogP contribution in [0.25, 0.3) is 0 Å². The molecule has 0 aliphatic heterocycles. The smallest absolute Gasteiger partial charge is 0.229 e. The number of hydrogen-bond acceptors (Lipinski definition) is 5. The Hall–Kier alpha value is -2.03. The number of nitrogens with zero attached hydrogens (tertiary/aromatic N) is 1. The van der Waals surface area contributed by atoms with Gasteiger partial charge < -0.3 is 10.6 Å². The quantitative estimate of drug-likeness (QED) is 0.574. The molecule has 7 nitrogen and oxygen atoms in total. The summed E-state index contributed by atoms with van der Waals surface area (Å²) in [7, 11) is -3.41. The highest BCUT2D eigenvalue weighted by Crippen LogP contribution is 2.22. The van der Waals surface area contributed by atoms with Crippen molar-refractivity contribution >= 4 is 50.6 Å². The van der Waals surface area contributed by atoms with Crippen molar-refractivity contribution in [2.75, 3.05) is 29.4 Å². The number of amides is 1. The van der Waals surface area contributed by atoms with Crippen molar-refractivity contribution < 1.29 is 13.2 Å². The van der Waals surface area contributed by atoms with Crippen LogP contribution in [-0.4, -0.2) is 38.7 Å². The van der Waals surface area contributed by atoms with Gasteiger partial charge in [0.05, 0.1) is 28.4 Å². The van der Waals surface area contributed by atoms with Gasteiger partial charge in [0.1, 0.15) is 5.82 Å². The molecule has 2 rings (SSSR count). The summed E-state index contributed by atoms with van der Waals surface area (Å²) < 4.78 is 25.2. The van der Waals surface area contributed by atoms with Gasteiger partial charge in [0.15, 0.2) is 0 Å². The second kappa shape index (κ2) is 9.07. The molecule has 140 valence electrons. The number of para-hydroxylation sites is 1.